The van der Waals surface area contributed by atoms with Crippen LogP contribution in [0.2, 0.25) is 0 Å². The number of rotatable bonds is 4. The minimum Gasteiger partial charge on any atom is -0.496 e. The van der Waals surface area contributed by atoms with E-state index < -0.39 is 0 Å². The van der Waals surface area contributed by atoms with E-state index in [4.69, 9.17) is 9.47 Å². The number of ether oxygens (including phenoxy) is 2. The van der Waals surface area contributed by atoms with Crippen molar-refractivity contribution >= 4 is 5.78 Å². The van der Waals surface area contributed by atoms with E-state index in [9.17, 15) is 4.79 Å². The van der Waals surface area contributed by atoms with Gasteiger partial charge in [0.2, 0.25) is 5.78 Å². The summed E-state index contributed by atoms with van der Waals surface area (Å²) in [5.41, 5.74) is 4.13. The summed E-state index contributed by atoms with van der Waals surface area (Å²) in [6.45, 7) is 5.86. The zero-order chi connectivity index (χ0) is 15.6. The number of aryl methyl sites for hydroxylation is 3. The van der Waals surface area contributed by atoms with Crippen molar-refractivity contribution in [3.63, 3.8) is 0 Å². The van der Waals surface area contributed by atoms with Crippen LogP contribution < -0.4 is 9.47 Å². The molecule has 0 aromatic heterocycles. The van der Waals surface area contributed by atoms with Crippen molar-refractivity contribution in [3.05, 3.63) is 58.1 Å². The van der Waals surface area contributed by atoms with Crippen LogP contribution >= 0.6 is 0 Å². The Morgan fingerprint density at radius 3 is 2.14 bits per heavy atom. The Bertz CT molecular complexity index is 687. The Balaban J connectivity index is 2.63. The first-order valence-corrected chi connectivity index (χ1v) is 6.82. The summed E-state index contributed by atoms with van der Waals surface area (Å²) < 4.78 is 10.7. The van der Waals surface area contributed by atoms with Gasteiger partial charge in [0.15, 0.2) is 0 Å². The normalized spacial score (nSPS) is 10.3. The largest absolute Gasteiger partial charge is 0.496 e. The highest BCUT2D eigenvalue weighted by Crippen LogP contribution is 2.30. The summed E-state index contributed by atoms with van der Waals surface area (Å²) in [7, 11) is 3.15. The number of hydrogen-bond donors (Lipinski definition) is 0. The predicted molar refractivity (Wildman–Crippen MR) is 83.6 cm³/mol. The van der Waals surface area contributed by atoms with Gasteiger partial charge in [0.05, 0.1) is 25.3 Å². The molecule has 2 aromatic rings. The fourth-order valence-corrected chi connectivity index (χ4v) is 2.51. The molecule has 2 aromatic carbocycles. The maximum atomic E-state index is 12.9. The van der Waals surface area contributed by atoms with Crippen molar-refractivity contribution in [1.29, 1.82) is 0 Å². The smallest absolute Gasteiger partial charge is 0.200 e. The van der Waals surface area contributed by atoms with Crippen LogP contribution in [-0.4, -0.2) is 20.0 Å². The predicted octanol–water partition coefficient (Wildman–Crippen LogP) is 3.86. The minimum atomic E-state index is -0.0788. The van der Waals surface area contributed by atoms with Gasteiger partial charge in [0.1, 0.15) is 11.5 Å². The lowest BCUT2D eigenvalue weighted by atomic mass is 9.95. The molecule has 0 atom stereocenters. The number of carbonyl (C=O) groups is 1. The van der Waals surface area contributed by atoms with E-state index in [0.717, 1.165) is 16.7 Å². The quantitative estimate of drug-likeness (QED) is 0.800. The molecule has 0 aliphatic heterocycles. The number of hydrogen-bond acceptors (Lipinski definition) is 3. The first-order valence-electron chi connectivity index (χ1n) is 6.82. The first kappa shape index (κ1) is 15.1. The highest BCUT2D eigenvalue weighted by Gasteiger charge is 2.21. The van der Waals surface area contributed by atoms with Gasteiger partial charge >= 0.3 is 0 Å². The number of methoxy groups -OCH3 is 2. The molecule has 3 heteroatoms. The van der Waals surface area contributed by atoms with Crippen molar-refractivity contribution in [2.24, 2.45) is 0 Å². The molecule has 0 fully saturated rings. The average molecular weight is 284 g/mol. The molecule has 3 nitrogen and oxygen atoms in total. The molecule has 0 heterocycles. The third-order valence-corrected chi connectivity index (χ3v) is 3.49. The van der Waals surface area contributed by atoms with Gasteiger partial charge in [-0.15, -0.1) is 0 Å². The Kier molecular flexibility index (Phi) is 4.32. The highest BCUT2D eigenvalue weighted by molar-refractivity contribution is 6.13. The molecule has 0 amide bonds. The molecule has 0 saturated carbocycles. The van der Waals surface area contributed by atoms with Crippen LogP contribution in [0.3, 0.4) is 0 Å². The Morgan fingerprint density at radius 2 is 1.52 bits per heavy atom. The SMILES string of the molecule is COc1ccc(C)cc1C(=O)c1c(C)cc(C)cc1OC. The summed E-state index contributed by atoms with van der Waals surface area (Å²) in [5.74, 6) is 1.10. The second-order valence-corrected chi connectivity index (χ2v) is 5.19. The average Bonchev–Trinajstić information content (AvgIpc) is 2.45. The van der Waals surface area contributed by atoms with E-state index in [-0.39, 0.29) is 5.78 Å². The summed E-state index contributed by atoms with van der Waals surface area (Å²) >= 11 is 0. The molecule has 0 radical (unpaired) electrons. The van der Waals surface area contributed by atoms with Crippen LogP contribution in [0.25, 0.3) is 0 Å². The fourth-order valence-electron chi connectivity index (χ4n) is 2.51. The molecule has 0 N–H and O–H groups in total. The molecule has 0 saturated heterocycles. The summed E-state index contributed by atoms with van der Waals surface area (Å²) in [5, 5.41) is 0. The van der Waals surface area contributed by atoms with E-state index in [2.05, 4.69) is 0 Å². The topological polar surface area (TPSA) is 35.5 Å². The molecule has 0 aliphatic rings. The van der Waals surface area contributed by atoms with Crippen molar-refractivity contribution in [2.75, 3.05) is 14.2 Å². The standard InChI is InChI=1S/C18H20O3/c1-11-6-7-15(20-4)14(9-11)18(19)17-13(3)8-12(2)10-16(17)21-5/h6-10H,1-5H3. The van der Waals surface area contributed by atoms with Crippen molar-refractivity contribution in [1.82, 2.24) is 0 Å². The number of carbonyl (C=O) groups excluding carboxylic acids is 1. The molecule has 21 heavy (non-hydrogen) atoms. The van der Waals surface area contributed by atoms with E-state index in [1.807, 2.05) is 51.1 Å². The second-order valence-electron chi connectivity index (χ2n) is 5.19. The van der Waals surface area contributed by atoms with Gasteiger partial charge in [-0.25, -0.2) is 0 Å². The van der Waals surface area contributed by atoms with E-state index in [1.165, 1.54) is 0 Å². The third kappa shape index (κ3) is 2.92. The third-order valence-electron chi connectivity index (χ3n) is 3.49. The van der Waals surface area contributed by atoms with Crippen LogP contribution in [0.15, 0.2) is 30.3 Å². The first-order chi connectivity index (χ1) is 9.97. The second kappa shape index (κ2) is 6.00. The Hall–Kier alpha value is -2.29. The molecule has 0 spiro atoms. The van der Waals surface area contributed by atoms with Gasteiger partial charge in [-0.1, -0.05) is 17.7 Å². The zero-order valence-corrected chi connectivity index (χ0v) is 13.1. The lowest BCUT2D eigenvalue weighted by Gasteiger charge is -2.14. The Morgan fingerprint density at radius 1 is 0.857 bits per heavy atom. The van der Waals surface area contributed by atoms with Crippen LogP contribution in [0.4, 0.5) is 0 Å². The molecule has 2 rings (SSSR count). The van der Waals surface area contributed by atoms with Gasteiger partial charge in [-0.2, -0.15) is 0 Å². The number of benzene rings is 2. The van der Waals surface area contributed by atoms with Crippen LogP contribution in [0.1, 0.15) is 32.6 Å². The molecule has 0 aliphatic carbocycles. The molecule has 110 valence electrons. The van der Waals surface area contributed by atoms with E-state index >= 15 is 0 Å². The maximum absolute atomic E-state index is 12.9. The van der Waals surface area contributed by atoms with Crippen LogP contribution in [0.5, 0.6) is 11.5 Å². The zero-order valence-electron chi connectivity index (χ0n) is 13.1. The van der Waals surface area contributed by atoms with Gasteiger partial charge in [0.25, 0.3) is 0 Å². The summed E-state index contributed by atoms with van der Waals surface area (Å²) in [6, 6.07) is 9.45. The molecule has 0 unspecified atom stereocenters. The van der Waals surface area contributed by atoms with E-state index in [1.54, 1.807) is 14.2 Å². The van der Waals surface area contributed by atoms with Crippen LogP contribution in [-0.2, 0) is 0 Å². The highest BCUT2D eigenvalue weighted by atomic mass is 16.5. The van der Waals surface area contributed by atoms with Gasteiger partial charge in [0, 0.05) is 0 Å². The number of ketones is 1. The monoisotopic (exact) mass is 284 g/mol. The lowest BCUT2D eigenvalue weighted by molar-refractivity contribution is 0.103. The minimum absolute atomic E-state index is 0.0788. The van der Waals surface area contributed by atoms with Gasteiger partial charge < -0.3 is 9.47 Å². The summed E-state index contributed by atoms with van der Waals surface area (Å²) in [4.78, 5) is 12.9. The fraction of sp³-hybridized carbons (Fsp3) is 0.278. The van der Waals surface area contributed by atoms with Crippen molar-refractivity contribution in [3.8, 4) is 11.5 Å². The maximum Gasteiger partial charge on any atom is 0.200 e. The Labute approximate surface area is 125 Å². The molecular weight excluding hydrogens is 264 g/mol. The summed E-state index contributed by atoms with van der Waals surface area (Å²) in [6.07, 6.45) is 0. The van der Waals surface area contributed by atoms with E-state index in [0.29, 0.717) is 22.6 Å². The molecule has 0 bridgehead atoms. The van der Waals surface area contributed by atoms with Crippen molar-refractivity contribution < 1.29 is 14.3 Å². The lowest BCUT2D eigenvalue weighted by Crippen LogP contribution is -2.09. The van der Waals surface area contributed by atoms with Gasteiger partial charge in [-0.05, 0) is 50.1 Å². The van der Waals surface area contributed by atoms with Gasteiger partial charge in [-0.3, -0.25) is 4.79 Å². The van der Waals surface area contributed by atoms with Crippen molar-refractivity contribution in [2.45, 2.75) is 20.8 Å². The molecular formula is C18H20O3. The van der Waals surface area contributed by atoms with Crippen LogP contribution in [0, 0.1) is 20.8 Å².